The standard InChI is InChI=1S/C11H16N2O3S/c1-5-16-10(15)8(4)17-11-12-7(3)6(2)9(14)13-11/h8H,5H2,1-4H3,(H,12,13,14)/t8-/m1/s1. The Bertz CT molecular complexity index is 470. The fourth-order valence-corrected chi connectivity index (χ4v) is 1.99. The number of ether oxygens (including phenoxy) is 1. The number of carbonyl (C=O) groups is 1. The third-order valence-corrected chi connectivity index (χ3v) is 3.24. The van der Waals surface area contributed by atoms with E-state index in [9.17, 15) is 9.59 Å². The molecule has 0 amide bonds. The van der Waals surface area contributed by atoms with Gasteiger partial charge in [0.25, 0.3) is 5.56 Å². The van der Waals surface area contributed by atoms with Crippen LogP contribution in [0.4, 0.5) is 0 Å². The van der Waals surface area contributed by atoms with E-state index in [4.69, 9.17) is 4.74 Å². The summed E-state index contributed by atoms with van der Waals surface area (Å²) in [6.45, 7) is 7.30. The lowest BCUT2D eigenvalue weighted by Crippen LogP contribution is -2.19. The number of aromatic amines is 1. The molecule has 0 aliphatic carbocycles. The van der Waals surface area contributed by atoms with Gasteiger partial charge >= 0.3 is 5.97 Å². The predicted molar refractivity (Wildman–Crippen MR) is 66.3 cm³/mol. The van der Waals surface area contributed by atoms with Crippen LogP contribution < -0.4 is 5.56 Å². The summed E-state index contributed by atoms with van der Waals surface area (Å²) in [5, 5.41) is 0.0545. The number of hydrogen-bond donors (Lipinski definition) is 1. The molecular weight excluding hydrogens is 240 g/mol. The first kappa shape index (κ1) is 13.8. The number of thioether (sulfide) groups is 1. The molecule has 1 rings (SSSR count). The zero-order valence-electron chi connectivity index (χ0n) is 10.4. The van der Waals surface area contributed by atoms with Crippen molar-refractivity contribution in [2.24, 2.45) is 0 Å². The van der Waals surface area contributed by atoms with Gasteiger partial charge in [-0.3, -0.25) is 9.59 Å². The van der Waals surface area contributed by atoms with E-state index in [0.29, 0.717) is 23.0 Å². The Morgan fingerprint density at radius 3 is 2.71 bits per heavy atom. The summed E-state index contributed by atoms with van der Waals surface area (Å²) in [6, 6.07) is 0. The average molecular weight is 256 g/mol. The molecule has 0 aliphatic rings. The van der Waals surface area contributed by atoms with E-state index >= 15 is 0 Å². The summed E-state index contributed by atoms with van der Waals surface area (Å²) in [6.07, 6.45) is 0. The first-order valence-corrected chi connectivity index (χ1v) is 6.24. The number of nitrogens with one attached hydrogen (secondary N) is 1. The molecular formula is C11H16N2O3S. The lowest BCUT2D eigenvalue weighted by Gasteiger charge is -2.09. The summed E-state index contributed by atoms with van der Waals surface area (Å²) >= 11 is 1.19. The highest BCUT2D eigenvalue weighted by atomic mass is 32.2. The van der Waals surface area contributed by atoms with Gasteiger partial charge in [-0.2, -0.15) is 0 Å². The molecule has 94 valence electrons. The second-order valence-corrected chi connectivity index (χ2v) is 4.92. The SMILES string of the molecule is CCOC(=O)[C@@H](C)Sc1nc(C)c(C)c(=O)[nH]1. The Hall–Kier alpha value is -1.30. The van der Waals surface area contributed by atoms with Crippen molar-refractivity contribution in [1.29, 1.82) is 0 Å². The predicted octanol–water partition coefficient (Wildman–Crippen LogP) is 1.43. The minimum absolute atomic E-state index is 0.170. The monoisotopic (exact) mass is 256 g/mol. The van der Waals surface area contributed by atoms with Gasteiger partial charge < -0.3 is 9.72 Å². The highest BCUT2D eigenvalue weighted by Crippen LogP contribution is 2.19. The molecule has 0 aliphatic heterocycles. The maximum Gasteiger partial charge on any atom is 0.319 e. The van der Waals surface area contributed by atoms with Crippen molar-refractivity contribution in [3.63, 3.8) is 0 Å². The zero-order valence-corrected chi connectivity index (χ0v) is 11.2. The number of H-pyrrole nitrogens is 1. The molecule has 0 saturated heterocycles. The number of hydrogen-bond acceptors (Lipinski definition) is 5. The van der Waals surface area contributed by atoms with Gasteiger partial charge in [-0.1, -0.05) is 11.8 Å². The zero-order chi connectivity index (χ0) is 13.0. The van der Waals surface area contributed by atoms with Crippen LogP contribution in [0.2, 0.25) is 0 Å². The minimum Gasteiger partial charge on any atom is -0.465 e. The highest BCUT2D eigenvalue weighted by Gasteiger charge is 2.17. The van der Waals surface area contributed by atoms with Gasteiger partial charge in [0.2, 0.25) is 0 Å². The Morgan fingerprint density at radius 1 is 1.53 bits per heavy atom. The van der Waals surface area contributed by atoms with Crippen LogP contribution in [0.15, 0.2) is 9.95 Å². The largest absolute Gasteiger partial charge is 0.465 e. The highest BCUT2D eigenvalue weighted by molar-refractivity contribution is 8.00. The number of nitrogens with zero attached hydrogens (tertiary/aromatic N) is 1. The van der Waals surface area contributed by atoms with E-state index in [2.05, 4.69) is 9.97 Å². The maximum atomic E-state index is 11.5. The molecule has 5 nitrogen and oxygen atoms in total. The molecule has 0 aromatic carbocycles. The van der Waals surface area contributed by atoms with Crippen LogP contribution in [0.5, 0.6) is 0 Å². The average Bonchev–Trinajstić information content (AvgIpc) is 2.26. The van der Waals surface area contributed by atoms with Crippen LogP contribution >= 0.6 is 11.8 Å². The lowest BCUT2D eigenvalue weighted by atomic mass is 10.3. The van der Waals surface area contributed by atoms with Gasteiger partial charge in [0.15, 0.2) is 5.16 Å². The first-order valence-electron chi connectivity index (χ1n) is 5.36. The van der Waals surface area contributed by atoms with Gasteiger partial charge in [0, 0.05) is 11.3 Å². The molecule has 0 spiro atoms. The second-order valence-electron chi connectivity index (χ2n) is 3.59. The summed E-state index contributed by atoms with van der Waals surface area (Å²) in [7, 11) is 0. The van der Waals surface area contributed by atoms with E-state index in [1.54, 1.807) is 27.7 Å². The van der Waals surface area contributed by atoms with Crippen LogP contribution in [0.3, 0.4) is 0 Å². The second kappa shape index (κ2) is 5.86. The Balaban J connectivity index is 2.82. The fraction of sp³-hybridized carbons (Fsp3) is 0.545. The fourth-order valence-electron chi connectivity index (χ4n) is 1.15. The van der Waals surface area contributed by atoms with E-state index in [-0.39, 0.29) is 16.8 Å². The molecule has 1 N–H and O–H groups in total. The smallest absolute Gasteiger partial charge is 0.319 e. The molecule has 0 saturated carbocycles. The summed E-state index contributed by atoms with van der Waals surface area (Å²) in [5.74, 6) is -0.307. The Labute approximate surface area is 104 Å². The summed E-state index contributed by atoms with van der Waals surface area (Å²) < 4.78 is 4.88. The van der Waals surface area contributed by atoms with Crippen LogP contribution in [-0.4, -0.2) is 27.8 Å². The van der Waals surface area contributed by atoms with Crippen molar-refractivity contribution in [3.05, 3.63) is 21.6 Å². The van der Waals surface area contributed by atoms with Crippen molar-refractivity contribution in [3.8, 4) is 0 Å². The normalized spacial score (nSPS) is 12.2. The summed E-state index contributed by atoms with van der Waals surface area (Å²) in [5.41, 5.74) is 1.10. The molecule has 1 aromatic rings. The number of aromatic nitrogens is 2. The van der Waals surface area contributed by atoms with Crippen molar-refractivity contribution in [1.82, 2.24) is 9.97 Å². The minimum atomic E-state index is -0.389. The molecule has 1 aromatic heterocycles. The van der Waals surface area contributed by atoms with Gasteiger partial charge in [-0.05, 0) is 27.7 Å². The molecule has 0 bridgehead atoms. The molecule has 0 radical (unpaired) electrons. The number of carbonyl (C=O) groups excluding carboxylic acids is 1. The Morgan fingerprint density at radius 2 is 2.18 bits per heavy atom. The molecule has 0 unspecified atom stereocenters. The van der Waals surface area contributed by atoms with Crippen molar-refractivity contribution in [2.75, 3.05) is 6.61 Å². The van der Waals surface area contributed by atoms with Crippen LogP contribution in [-0.2, 0) is 9.53 Å². The van der Waals surface area contributed by atoms with Crippen molar-refractivity contribution in [2.45, 2.75) is 38.1 Å². The van der Waals surface area contributed by atoms with E-state index in [0.717, 1.165) is 0 Å². The van der Waals surface area contributed by atoms with E-state index in [1.807, 2.05) is 0 Å². The first-order chi connectivity index (χ1) is 7.95. The van der Waals surface area contributed by atoms with Crippen molar-refractivity contribution >= 4 is 17.7 Å². The topological polar surface area (TPSA) is 72.0 Å². The quantitative estimate of drug-likeness (QED) is 0.501. The molecule has 1 atom stereocenters. The molecule has 17 heavy (non-hydrogen) atoms. The molecule has 6 heteroatoms. The maximum absolute atomic E-state index is 11.5. The lowest BCUT2D eigenvalue weighted by molar-refractivity contribution is -0.142. The summed E-state index contributed by atoms with van der Waals surface area (Å²) in [4.78, 5) is 29.8. The molecule has 1 heterocycles. The molecule has 0 fully saturated rings. The van der Waals surface area contributed by atoms with E-state index in [1.165, 1.54) is 11.8 Å². The van der Waals surface area contributed by atoms with Gasteiger partial charge in [-0.25, -0.2) is 4.98 Å². The number of rotatable bonds is 4. The van der Waals surface area contributed by atoms with Crippen LogP contribution in [0.25, 0.3) is 0 Å². The third kappa shape index (κ3) is 3.59. The van der Waals surface area contributed by atoms with Gasteiger partial charge in [0.05, 0.1) is 6.61 Å². The number of esters is 1. The number of aryl methyl sites for hydroxylation is 1. The van der Waals surface area contributed by atoms with Crippen LogP contribution in [0, 0.1) is 13.8 Å². The van der Waals surface area contributed by atoms with Gasteiger partial charge in [-0.15, -0.1) is 0 Å². The van der Waals surface area contributed by atoms with Crippen LogP contribution in [0.1, 0.15) is 25.1 Å². The van der Waals surface area contributed by atoms with Crippen molar-refractivity contribution < 1.29 is 9.53 Å². The Kier molecular flexibility index (Phi) is 4.74. The third-order valence-electron chi connectivity index (χ3n) is 2.28. The van der Waals surface area contributed by atoms with E-state index < -0.39 is 0 Å². The van der Waals surface area contributed by atoms with Gasteiger partial charge in [0.1, 0.15) is 5.25 Å².